The molecule has 0 spiro atoms. The van der Waals surface area contributed by atoms with Crippen molar-refractivity contribution < 1.29 is 9.53 Å². The van der Waals surface area contributed by atoms with Gasteiger partial charge in [0.15, 0.2) is 10.9 Å². The molecular weight excluding hydrogens is 324 g/mol. The monoisotopic (exact) mass is 336 g/mol. The van der Waals surface area contributed by atoms with Crippen LogP contribution in [0.25, 0.3) is 6.08 Å². The highest BCUT2D eigenvalue weighted by atomic mass is 35.5. The van der Waals surface area contributed by atoms with E-state index in [0.29, 0.717) is 22.3 Å². The van der Waals surface area contributed by atoms with Crippen LogP contribution < -0.4 is 4.74 Å². The Kier molecular flexibility index (Phi) is 4.99. The van der Waals surface area contributed by atoms with Crippen molar-refractivity contribution in [2.45, 2.75) is 0 Å². The van der Waals surface area contributed by atoms with Crippen LogP contribution in [0, 0.1) is 0 Å². The second-order valence-electron chi connectivity index (χ2n) is 4.93. The average Bonchev–Trinajstić information content (AvgIpc) is 2.63. The molecule has 1 aromatic heterocycles. The zero-order chi connectivity index (χ0) is 16.8. The standard InChI is InChI=1S/C19H13ClN2O2/c20-18-12-13-19(22-21-18)24-16-9-7-15(8-10-16)17(23)11-6-14-4-2-1-3-5-14/h1-13H. The number of allylic oxidation sites excluding steroid dienone is 1. The van der Waals surface area contributed by atoms with Gasteiger partial charge in [-0.25, -0.2) is 0 Å². The summed E-state index contributed by atoms with van der Waals surface area (Å²) in [5, 5.41) is 7.81. The Balaban J connectivity index is 1.66. The molecule has 0 saturated carbocycles. The van der Waals surface area contributed by atoms with Crippen molar-refractivity contribution in [3.8, 4) is 11.6 Å². The van der Waals surface area contributed by atoms with Gasteiger partial charge in [-0.1, -0.05) is 48.0 Å². The van der Waals surface area contributed by atoms with E-state index in [9.17, 15) is 4.79 Å². The smallest absolute Gasteiger partial charge is 0.238 e. The van der Waals surface area contributed by atoms with Gasteiger partial charge in [0.05, 0.1) is 0 Å². The van der Waals surface area contributed by atoms with Gasteiger partial charge in [0, 0.05) is 11.6 Å². The molecule has 0 aliphatic carbocycles. The van der Waals surface area contributed by atoms with Crippen LogP contribution in [0.5, 0.6) is 11.6 Å². The van der Waals surface area contributed by atoms with Gasteiger partial charge in [-0.15, -0.1) is 10.2 Å². The minimum Gasteiger partial charge on any atom is -0.438 e. The normalized spacial score (nSPS) is 10.7. The van der Waals surface area contributed by atoms with Crippen LogP contribution in [0.2, 0.25) is 5.15 Å². The predicted octanol–water partition coefficient (Wildman–Crippen LogP) is 4.82. The van der Waals surface area contributed by atoms with Crippen molar-refractivity contribution in [3.63, 3.8) is 0 Å². The lowest BCUT2D eigenvalue weighted by atomic mass is 10.1. The number of hydrogen-bond donors (Lipinski definition) is 0. The van der Waals surface area contributed by atoms with E-state index in [0.717, 1.165) is 5.56 Å². The molecule has 0 amide bonds. The zero-order valence-electron chi connectivity index (χ0n) is 12.6. The van der Waals surface area contributed by atoms with E-state index in [-0.39, 0.29) is 5.78 Å². The summed E-state index contributed by atoms with van der Waals surface area (Å²) in [6.45, 7) is 0. The molecule has 2 aromatic carbocycles. The first kappa shape index (κ1) is 15.9. The molecule has 4 nitrogen and oxygen atoms in total. The molecule has 1 heterocycles. The molecule has 118 valence electrons. The maximum atomic E-state index is 12.2. The summed E-state index contributed by atoms with van der Waals surface area (Å²) in [5.41, 5.74) is 1.56. The third kappa shape index (κ3) is 4.27. The molecule has 0 radical (unpaired) electrons. The summed E-state index contributed by atoms with van der Waals surface area (Å²) < 4.78 is 5.54. The molecule has 0 bridgehead atoms. The van der Waals surface area contributed by atoms with E-state index in [4.69, 9.17) is 16.3 Å². The number of ether oxygens (including phenoxy) is 1. The Labute approximate surface area is 144 Å². The lowest BCUT2D eigenvalue weighted by Crippen LogP contribution is -1.95. The number of carbonyl (C=O) groups is 1. The van der Waals surface area contributed by atoms with E-state index >= 15 is 0 Å². The van der Waals surface area contributed by atoms with E-state index in [1.54, 1.807) is 48.6 Å². The Morgan fingerprint density at radius 3 is 2.33 bits per heavy atom. The minimum absolute atomic E-state index is 0.0725. The van der Waals surface area contributed by atoms with Gasteiger partial charge in [0.2, 0.25) is 5.88 Å². The van der Waals surface area contributed by atoms with Crippen molar-refractivity contribution >= 4 is 23.5 Å². The Hall–Kier alpha value is -2.98. The number of ketones is 1. The summed E-state index contributed by atoms with van der Waals surface area (Å²) in [5.74, 6) is 0.828. The number of hydrogen-bond acceptors (Lipinski definition) is 4. The van der Waals surface area contributed by atoms with Crippen LogP contribution in [0.4, 0.5) is 0 Å². The Morgan fingerprint density at radius 1 is 0.917 bits per heavy atom. The van der Waals surface area contributed by atoms with Crippen molar-refractivity contribution in [3.05, 3.63) is 89.1 Å². The largest absolute Gasteiger partial charge is 0.438 e. The van der Waals surface area contributed by atoms with Crippen LogP contribution in [-0.2, 0) is 0 Å². The molecule has 0 aliphatic heterocycles. The van der Waals surface area contributed by atoms with E-state index in [2.05, 4.69) is 10.2 Å². The second kappa shape index (κ2) is 7.53. The first-order valence-electron chi connectivity index (χ1n) is 7.25. The summed E-state index contributed by atoms with van der Waals surface area (Å²) >= 11 is 5.67. The van der Waals surface area contributed by atoms with E-state index in [1.807, 2.05) is 30.3 Å². The summed E-state index contributed by atoms with van der Waals surface area (Å²) in [7, 11) is 0. The highest BCUT2D eigenvalue weighted by Crippen LogP contribution is 2.20. The fraction of sp³-hybridized carbons (Fsp3) is 0. The highest BCUT2D eigenvalue weighted by molar-refractivity contribution is 6.29. The molecule has 0 unspecified atom stereocenters. The van der Waals surface area contributed by atoms with Crippen LogP contribution >= 0.6 is 11.6 Å². The summed E-state index contributed by atoms with van der Waals surface area (Å²) in [6.07, 6.45) is 3.34. The Bertz CT molecular complexity index is 845. The van der Waals surface area contributed by atoms with Gasteiger partial charge in [-0.3, -0.25) is 4.79 Å². The van der Waals surface area contributed by atoms with Crippen LogP contribution in [0.3, 0.4) is 0 Å². The fourth-order valence-electron chi connectivity index (χ4n) is 2.00. The number of halogens is 1. The van der Waals surface area contributed by atoms with Gasteiger partial charge in [0.1, 0.15) is 5.75 Å². The third-order valence-electron chi connectivity index (χ3n) is 3.20. The summed E-state index contributed by atoms with van der Waals surface area (Å²) in [6, 6.07) is 19.7. The number of benzene rings is 2. The summed E-state index contributed by atoms with van der Waals surface area (Å²) in [4.78, 5) is 12.2. The van der Waals surface area contributed by atoms with Gasteiger partial charge in [-0.05, 0) is 42.0 Å². The topological polar surface area (TPSA) is 52.1 Å². The number of rotatable bonds is 5. The third-order valence-corrected chi connectivity index (χ3v) is 3.40. The average molecular weight is 337 g/mol. The van der Waals surface area contributed by atoms with Gasteiger partial charge in [0.25, 0.3) is 0 Å². The zero-order valence-corrected chi connectivity index (χ0v) is 13.4. The van der Waals surface area contributed by atoms with Crippen molar-refractivity contribution in [2.75, 3.05) is 0 Å². The van der Waals surface area contributed by atoms with E-state index < -0.39 is 0 Å². The van der Waals surface area contributed by atoms with Crippen molar-refractivity contribution in [2.24, 2.45) is 0 Å². The van der Waals surface area contributed by atoms with Gasteiger partial charge < -0.3 is 4.74 Å². The van der Waals surface area contributed by atoms with E-state index in [1.165, 1.54) is 0 Å². The predicted molar refractivity (Wildman–Crippen MR) is 93.4 cm³/mol. The molecule has 0 atom stereocenters. The molecule has 0 fully saturated rings. The second-order valence-corrected chi connectivity index (χ2v) is 5.32. The van der Waals surface area contributed by atoms with Crippen LogP contribution in [-0.4, -0.2) is 16.0 Å². The first-order valence-corrected chi connectivity index (χ1v) is 7.63. The molecule has 0 N–H and O–H groups in total. The SMILES string of the molecule is O=C(C=Cc1ccccc1)c1ccc(Oc2ccc(Cl)nn2)cc1. The van der Waals surface area contributed by atoms with Crippen molar-refractivity contribution in [1.29, 1.82) is 0 Å². The molecule has 0 saturated heterocycles. The minimum atomic E-state index is -0.0725. The lowest BCUT2D eigenvalue weighted by molar-refractivity contribution is 0.104. The van der Waals surface area contributed by atoms with Crippen LogP contribution in [0.15, 0.2) is 72.8 Å². The molecule has 24 heavy (non-hydrogen) atoms. The molecule has 5 heteroatoms. The maximum Gasteiger partial charge on any atom is 0.238 e. The molecule has 3 aromatic rings. The van der Waals surface area contributed by atoms with Crippen molar-refractivity contribution in [1.82, 2.24) is 10.2 Å². The number of aromatic nitrogens is 2. The molecular formula is C19H13ClN2O2. The first-order chi connectivity index (χ1) is 11.7. The highest BCUT2D eigenvalue weighted by Gasteiger charge is 2.04. The number of nitrogens with zero attached hydrogens (tertiary/aromatic N) is 2. The van der Waals surface area contributed by atoms with Gasteiger partial charge >= 0.3 is 0 Å². The molecule has 3 rings (SSSR count). The number of carbonyl (C=O) groups excluding carboxylic acids is 1. The quantitative estimate of drug-likeness (QED) is 0.495. The maximum absolute atomic E-state index is 12.2. The molecule has 0 aliphatic rings. The van der Waals surface area contributed by atoms with Crippen LogP contribution in [0.1, 0.15) is 15.9 Å². The fourth-order valence-corrected chi connectivity index (χ4v) is 2.10. The lowest BCUT2D eigenvalue weighted by Gasteiger charge is -2.04. The Morgan fingerprint density at radius 2 is 1.67 bits per heavy atom. The van der Waals surface area contributed by atoms with Gasteiger partial charge in [-0.2, -0.15) is 0 Å².